The van der Waals surface area contributed by atoms with E-state index >= 15 is 0 Å². The molecule has 2 N–H and O–H groups in total. The normalized spacial score (nSPS) is 14.8. The molecule has 3 aromatic heterocycles. The van der Waals surface area contributed by atoms with E-state index in [9.17, 15) is 18.0 Å². The fraction of sp³-hybridized carbons (Fsp3) is 0.318. The highest BCUT2D eigenvalue weighted by atomic mass is 32.1. The van der Waals surface area contributed by atoms with Crippen molar-refractivity contribution in [2.75, 3.05) is 0 Å². The van der Waals surface area contributed by atoms with Crippen molar-refractivity contribution >= 4 is 28.3 Å². The van der Waals surface area contributed by atoms with E-state index in [0.717, 1.165) is 42.3 Å². The molecule has 11 heteroatoms. The lowest BCUT2D eigenvalue weighted by Crippen LogP contribution is -2.28. The molecule has 1 amide bonds. The summed E-state index contributed by atoms with van der Waals surface area (Å²) in [5.41, 5.74) is 1.13. The third kappa shape index (κ3) is 4.08. The first-order valence-electron chi connectivity index (χ1n) is 10.5. The number of nitrogens with one attached hydrogen (secondary N) is 2. The Hall–Kier alpha value is -3.34. The molecule has 3 heterocycles. The fourth-order valence-electron chi connectivity index (χ4n) is 4.11. The molecule has 7 nitrogen and oxygen atoms in total. The van der Waals surface area contributed by atoms with Crippen LogP contribution in [0.15, 0.2) is 30.7 Å². The SMILES string of the molecule is CC(NC(=O)c1nc2c(s1)CCCC2)c1ccc(-c2ncnc3[nH]ncc23)cc1C(F)(F)F. The van der Waals surface area contributed by atoms with Gasteiger partial charge in [-0.05, 0) is 44.2 Å². The van der Waals surface area contributed by atoms with Gasteiger partial charge in [-0.15, -0.1) is 11.3 Å². The van der Waals surface area contributed by atoms with Crippen LogP contribution in [0, 0.1) is 0 Å². The molecule has 4 aromatic rings. The van der Waals surface area contributed by atoms with Crippen LogP contribution >= 0.6 is 11.3 Å². The molecule has 1 atom stereocenters. The highest BCUT2D eigenvalue weighted by molar-refractivity contribution is 7.13. The third-order valence-electron chi connectivity index (χ3n) is 5.73. The molecule has 0 saturated carbocycles. The van der Waals surface area contributed by atoms with Crippen molar-refractivity contribution in [1.82, 2.24) is 30.5 Å². The van der Waals surface area contributed by atoms with Gasteiger partial charge in [0.15, 0.2) is 10.7 Å². The average molecular weight is 472 g/mol. The van der Waals surface area contributed by atoms with Gasteiger partial charge in [-0.2, -0.15) is 18.3 Å². The first kappa shape index (κ1) is 21.5. The first-order valence-corrected chi connectivity index (χ1v) is 11.3. The number of halogens is 3. The monoisotopic (exact) mass is 472 g/mol. The number of hydrogen-bond acceptors (Lipinski definition) is 6. The number of hydrogen-bond donors (Lipinski definition) is 2. The van der Waals surface area contributed by atoms with E-state index in [-0.39, 0.29) is 11.1 Å². The van der Waals surface area contributed by atoms with Gasteiger partial charge in [-0.1, -0.05) is 12.1 Å². The number of aryl methyl sites for hydroxylation is 2. The Morgan fingerprint density at radius 1 is 1.21 bits per heavy atom. The van der Waals surface area contributed by atoms with Crippen molar-refractivity contribution in [2.45, 2.75) is 44.8 Å². The Labute approximate surface area is 190 Å². The van der Waals surface area contributed by atoms with Crippen LogP contribution < -0.4 is 5.32 Å². The van der Waals surface area contributed by atoms with Gasteiger partial charge in [0.25, 0.3) is 5.91 Å². The van der Waals surface area contributed by atoms with Gasteiger partial charge in [0.05, 0.1) is 34.6 Å². The number of thiazole rings is 1. The molecular formula is C22H19F3N6OS. The second-order valence-corrected chi connectivity index (χ2v) is 9.03. The van der Waals surface area contributed by atoms with Gasteiger partial charge in [0.1, 0.15) is 6.33 Å². The summed E-state index contributed by atoms with van der Waals surface area (Å²) in [6.45, 7) is 1.54. The average Bonchev–Trinajstić information content (AvgIpc) is 3.45. The molecule has 0 aliphatic heterocycles. The van der Waals surface area contributed by atoms with Crippen molar-refractivity contribution in [3.8, 4) is 11.3 Å². The number of rotatable bonds is 4. The standard InChI is InChI=1S/C22H19F3N6OS/c1-11(29-20(32)21-30-16-4-2-3-5-17(16)33-21)13-7-6-12(8-15(13)22(23,24)25)18-14-9-28-31-19(14)27-10-26-18/h6-11H,2-5H2,1H3,(H,29,32)(H,26,27,28,31). The summed E-state index contributed by atoms with van der Waals surface area (Å²) in [4.78, 5) is 26.4. The van der Waals surface area contributed by atoms with Crippen LogP contribution in [0.25, 0.3) is 22.3 Å². The summed E-state index contributed by atoms with van der Waals surface area (Å²) in [6.07, 6.45) is 1.95. The van der Waals surface area contributed by atoms with Crippen molar-refractivity contribution in [2.24, 2.45) is 0 Å². The predicted molar refractivity (Wildman–Crippen MR) is 117 cm³/mol. The number of aromatic amines is 1. The quantitative estimate of drug-likeness (QED) is 0.442. The highest BCUT2D eigenvalue weighted by Gasteiger charge is 2.35. The van der Waals surface area contributed by atoms with Gasteiger partial charge in [0.2, 0.25) is 0 Å². The molecular weight excluding hydrogens is 453 g/mol. The Morgan fingerprint density at radius 3 is 2.82 bits per heavy atom. The lowest BCUT2D eigenvalue weighted by Gasteiger charge is -2.20. The van der Waals surface area contributed by atoms with Gasteiger partial charge >= 0.3 is 6.18 Å². The minimum atomic E-state index is -4.62. The summed E-state index contributed by atoms with van der Waals surface area (Å²) in [7, 11) is 0. The Kier molecular flexibility index (Phi) is 5.35. The molecule has 1 aromatic carbocycles. The first-order chi connectivity index (χ1) is 15.8. The van der Waals surface area contributed by atoms with E-state index in [4.69, 9.17) is 0 Å². The zero-order chi connectivity index (χ0) is 23.2. The number of amides is 1. The number of H-pyrrole nitrogens is 1. The van der Waals surface area contributed by atoms with Crippen molar-refractivity contribution in [1.29, 1.82) is 0 Å². The molecule has 0 bridgehead atoms. The summed E-state index contributed by atoms with van der Waals surface area (Å²) >= 11 is 1.32. The minimum absolute atomic E-state index is 0.0292. The van der Waals surface area contributed by atoms with Crippen LogP contribution in [-0.2, 0) is 19.0 Å². The van der Waals surface area contributed by atoms with Crippen molar-refractivity contribution < 1.29 is 18.0 Å². The number of fused-ring (bicyclic) bond motifs is 2. The number of carbonyl (C=O) groups excluding carboxylic acids is 1. The summed E-state index contributed by atoms with van der Waals surface area (Å²) in [5.74, 6) is -0.463. The maximum absolute atomic E-state index is 14.0. The fourth-order valence-corrected chi connectivity index (χ4v) is 5.16. The molecule has 33 heavy (non-hydrogen) atoms. The lowest BCUT2D eigenvalue weighted by atomic mass is 9.96. The molecule has 0 spiro atoms. The molecule has 1 aliphatic carbocycles. The molecule has 0 radical (unpaired) electrons. The van der Waals surface area contributed by atoms with Crippen LogP contribution in [0.3, 0.4) is 0 Å². The highest BCUT2D eigenvalue weighted by Crippen LogP contribution is 2.38. The van der Waals surface area contributed by atoms with Crippen molar-refractivity contribution in [3.05, 3.63) is 57.4 Å². The van der Waals surface area contributed by atoms with E-state index in [1.807, 2.05) is 0 Å². The number of alkyl halides is 3. The second kappa shape index (κ2) is 8.22. The maximum atomic E-state index is 14.0. The third-order valence-corrected chi connectivity index (χ3v) is 6.89. The molecule has 1 unspecified atom stereocenters. The van der Waals surface area contributed by atoms with E-state index in [1.165, 1.54) is 36.9 Å². The Morgan fingerprint density at radius 2 is 2.03 bits per heavy atom. The van der Waals surface area contributed by atoms with Crippen molar-refractivity contribution in [3.63, 3.8) is 0 Å². The number of nitrogens with zero attached hydrogens (tertiary/aromatic N) is 4. The van der Waals surface area contributed by atoms with Crippen LogP contribution in [0.4, 0.5) is 13.2 Å². The van der Waals surface area contributed by atoms with E-state index in [0.29, 0.717) is 21.7 Å². The summed E-state index contributed by atoms with van der Waals surface area (Å²) in [5, 5.41) is 10.1. The maximum Gasteiger partial charge on any atom is 0.416 e. The van der Waals surface area contributed by atoms with Crippen LogP contribution in [0.5, 0.6) is 0 Å². The Bertz CT molecular complexity index is 1320. The van der Waals surface area contributed by atoms with Crippen LogP contribution in [-0.4, -0.2) is 31.1 Å². The zero-order valence-electron chi connectivity index (χ0n) is 17.5. The summed E-state index contributed by atoms with van der Waals surface area (Å²) < 4.78 is 42.0. The van der Waals surface area contributed by atoms with Gasteiger partial charge < -0.3 is 5.32 Å². The van der Waals surface area contributed by atoms with E-state index in [1.54, 1.807) is 6.07 Å². The van der Waals surface area contributed by atoms with Crippen LogP contribution in [0.1, 0.15) is 57.3 Å². The zero-order valence-corrected chi connectivity index (χ0v) is 18.3. The summed E-state index contributed by atoms with van der Waals surface area (Å²) in [6, 6.07) is 3.12. The predicted octanol–water partition coefficient (Wildman–Crippen LogP) is 4.87. The topological polar surface area (TPSA) is 96.5 Å². The van der Waals surface area contributed by atoms with Gasteiger partial charge in [-0.25, -0.2) is 15.0 Å². The Balaban J connectivity index is 1.46. The van der Waals surface area contributed by atoms with Gasteiger partial charge in [-0.3, -0.25) is 9.89 Å². The minimum Gasteiger partial charge on any atom is -0.343 e. The molecule has 0 fully saturated rings. The van der Waals surface area contributed by atoms with E-state index in [2.05, 4.69) is 30.5 Å². The van der Waals surface area contributed by atoms with Crippen LogP contribution in [0.2, 0.25) is 0 Å². The molecule has 0 saturated heterocycles. The molecule has 5 rings (SSSR count). The molecule has 170 valence electrons. The number of aromatic nitrogens is 5. The molecule has 1 aliphatic rings. The smallest absolute Gasteiger partial charge is 0.343 e. The number of carbonyl (C=O) groups is 1. The largest absolute Gasteiger partial charge is 0.416 e. The van der Waals surface area contributed by atoms with Gasteiger partial charge in [0, 0.05) is 10.4 Å². The van der Waals surface area contributed by atoms with E-state index < -0.39 is 23.7 Å². The lowest BCUT2D eigenvalue weighted by molar-refractivity contribution is -0.138. The number of benzene rings is 1. The second-order valence-electron chi connectivity index (χ2n) is 7.95.